The number of aryl methyl sites for hydroxylation is 1. The van der Waals surface area contributed by atoms with Gasteiger partial charge in [0.2, 0.25) is 0 Å². The van der Waals surface area contributed by atoms with Crippen molar-refractivity contribution in [2.75, 3.05) is 0 Å². The molecule has 3 rings (SSSR count). The lowest BCUT2D eigenvalue weighted by molar-refractivity contribution is -0.127. The van der Waals surface area contributed by atoms with Crippen LogP contribution in [0.25, 0.3) is 0 Å². The number of benzene rings is 2. The van der Waals surface area contributed by atoms with Gasteiger partial charge in [-0.1, -0.05) is 45.0 Å². The van der Waals surface area contributed by atoms with Gasteiger partial charge in [-0.3, -0.25) is 4.79 Å². The molecule has 0 radical (unpaired) electrons. The predicted octanol–water partition coefficient (Wildman–Crippen LogP) is 4.53. The van der Waals surface area contributed by atoms with Crippen molar-refractivity contribution in [3.63, 3.8) is 0 Å². The number of hydrogen-bond donors (Lipinski definition) is 1. The Balaban J connectivity index is 1.80. The van der Waals surface area contributed by atoms with Crippen LogP contribution in [0.2, 0.25) is 0 Å². The third-order valence-corrected chi connectivity index (χ3v) is 4.97. The van der Waals surface area contributed by atoms with Crippen LogP contribution in [-0.4, -0.2) is 21.6 Å². The van der Waals surface area contributed by atoms with Crippen molar-refractivity contribution in [1.29, 1.82) is 0 Å². The summed E-state index contributed by atoms with van der Waals surface area (Å²) in [6.07, 6.45) is 2.69. The molecular formula is C24H28FN3O2. The summed E-state index contributed by atoms with van der Waals surface area (Å²) in [4.78, 5) is 17.3. The molecule has 30 heavy (non-hydrogen) atoms. The average Bonchev–Trinajstić information content (AvgIpc) is 3.11. The fourth-order valence-corrected chi connectivity index (χ4v) is 3.19. The molecule has 5 nitrogen and oxygen atoms in total. The summed E-state index contributed by atoms with van der Waals surface area (Å²) in [5, 5.41) is 2.95. The molecule has 1 heterocycles. The van der Waals surface area contributed by atoms with Gasteiger partial charge < -0.3 is 14.6 Å². The maximum Gasteiger partial charge on any atom is 0.261 e. The van der Waals surface area contributed by atoms with Crippen LogP contribution in [0.5, 0.6) is 5.75 Å². The molecule has 1 amide bonds. The fraction of sp³-hybridized carbons (Fsp3) is 0.333. The summed E-state index contributed by atoms with van der Waals surface area (Å²) in [7, 11) is 1.83. The van der Waals surface area contributed by atoms with E-state index in [2.05, 4.69) is 31.1 Å². The van der Waals surface area contributed by atoms with E-state index in [4.69, 9.17) is 4.74 Å². The second kappa shape index (κ2) is 8.69. The van der Waals surface area contributed by atoms with Gasteiger partial charge in [0.15, 0.2) is 6.10 Å². The number of nitrogens with zero attached hydrogens (tertiary/aromatic N) is 2. The van der Waals surface area contributed by atoms with Crippen molar-refractivity contribution in [2.45, 2.75) is 45.3 Å². The fourth-order valence-electron chi connectivity index (χ4n) is 3.19. The highest BCUT2D eigenvalue weighted by Crippen LogP contribution is 2.26. The van der Waals surface area contributed by atoms with Crippen molar-refractivity contribution in [1.82, 2.24) is 14.9 Å². The molecule has 0 bridgehead atoms. The van der Waals surface area contributed by atoms with Crippen LogP contribution in [0.15, 0.2) is 60.9 Å². The van der Waals surface area contributed by atoms with Crippen molar-refractivity contribution in [3.05, 3.63) is 83.7 Å². The second-order valence-corrected chi connectivity index (χ2v) is 8.43. The summed E-state index contributed by atoms with van der Waals surface area (Å²) >= 11 is 0. The number of rotatable bonds is 6. The molecule has 0 aliphatic heterocycles. The summed E-state index contributed by atoms with van der Waals surface area (Å²) in [5.74, 6) is 0.554. The molecule has 2 unspecified atom stereocenters. The van der Waals surface area contributed by atoms with Crippen molar-refractivity contribution < 1.29 is 13.9 Å². The molecule has 0 saturated heterocycles. The first kappa shape index (κ1) is 21.6. The SMILES string of the molecule is CC(Oc1cccc(C(C)(C)C)c1)C(=O)NC(c1cccc(F)c1)c1nccn1C. The van der Waals surface area contributed by atoms with E-state index in [0.29, 0.717) is 17.1 Å². The van der Waals surface area contributed by atoms with Crippen LogP contribution in [0.1, 0.15) is 50.7 Å². The van der Waals surface area contributed by atoms with Crippen LogP contribution >= 0.6 is 0 Å². The Labute approximate surface area is 176 Å². The number of nitrogens with one attached hydrogen (secondary N) is 1. The Hall–Kier alpha value is -3.15. The normalized spacial score (nSPS) is 13.5. The van der Waals surface area contributed by atoms with Gasteiger partial charge in [-0.2, -0.15) is 0 Å². The molecule has 2 atom stereocenters. The Morgan fingerprint density at radius 2 is 1.90 bits per heavy atom. The number of amides is 1. The van der Waals surface area contributed by atoms with E-state index in [1.807, 2.05) is 31.3 Å². The van der Waals surface area contributed by atoms with E-state index in [1.165, 1.54) is 12.1 Å². The van der Waals surface area contributed by atoms with Crippen LogP contribution in [0, 0.1) is 5.82 Å². The second-order valence-electron chi connectivity index (χ2n) is 8.43. The maximum absolute atomic E-state index is 13.8. The zero-order valence-electron chi connectivity index (χ0n) is 18.0. The number of imidazole rings is 1. The number of carbonyl (C=O) groups excluding carboxylic acids is 1. The largest absolute Gasteiger partial charge is 0.481 e. The summed E-state index contributed by atoms with van der Waals surface area (Å²) in [6.45, 7) is 8.07. The molecule has 1 N–H and O–H groups in total. The number of aromatic nitrogens is 2. The highest BCUT2D eigenvalue weighted by Gasteiger charge is 2.25. The number of halogens is 1. The summed E-state index contributed by atoms with van der Waals surface area (Å²) in [5.41, 5.74) is 1.71. The quantitative estimate of drug-likeness (QED) is 0.651. The first-order valence-corrected chi connectivity index (χ1v) is 9.95. The first-order chi connectivity index (χ1) is 14.1. The molecule has 3 aromatic rings. The van der Waals surface area contributed by atoms with Crippen molar-refractivity contribution in [3.8, 4) is 5.75 Å². The molecule has 6 heteroatoms. The van der Waals surface area contributed by atoms with E-state index in [0.717, 1.165) is 5.56 Å². The topological polar surface area (TPSA) is 56.1 Å². The number of hydrogen-bond acceptors (Lipinski definition) is 3. The molecule has 0 aliphatic rings. The van der Waals surface area contributed by atoms with E-state index >= 15 is 0 Å². The maximum atomic E-state index is 13.8. The van der Waals surface area contributed by atoms with E-state index in [-0.39, 0.29) is 17.1 Å². The Morgan fingerprint density at radius 1 is 1.17 bits per heavy atom. The monoisotopic (exact) mass is 409 g/mol. The lowest BCUT2D eigenvalue weighted by Crippen LogP contribution is -2.39. The minimum Gasteiger partial charge on any atom is -0.481 e. The van der Waals surface area contributed by atoms with Gasteiger partial charge in [-0.05, 0) is 47.7 Å². The minimum atomic E-state index is -0.739. The molecule has 2 aromatic carbocycles. The molecule has 0 aliphatic carbocycles. The average molecular weight is 410 g/mol. The Bertz CT molecular complexity index is 1020. The van der Waals surface area contributed by atoms with Crippen LogP contribution in [0.3, 0.4) is 0 Å². The summed E-state index contributed by atoms with van der Waals surface area (Å²) < 4.78 is 21.5. The standard InChI is InChI=1S/C24H28FN3O2/c1-16(30-20-11-7-9-18(15-20)24(2,3)4)23(29)27-21(22-26-12-13-28(22)5)17-8-6-10-19(25)14-17/h6-16,21H,1-5H3,(H,27,29). The molecule has 0 spiro atoms. The zero-order valence-corrected chi connectivity index (χ0v) is 18.0. The molecule has 1 aromatic heterocycles. The van der Waals surface area contributed by atoms with Crippen LogP contribution in [0.4, 0.5) is 4.39 Å². The van der Waals surface area contributed by atoms with Gasteiger partial charge >= 0.3 is 0 Å². The van der Waals surface area contributed by atoms with Gasteiger partial charge in [0.1, 0.15) is 23.4 Å². The van der Waals surface area contributed by atoms with Gasteiger partial charge in [0.25, 0.3) is 5.91 Å². The van der Waals surface area contributed by atoms with Gasteiger partial charge in [0.05, 0.1) is 0 Å². The van der Waals surface area contributed by atoms with Crippen LogP contribution in [-0.2, 0) is 17.3 Å². The van der Waals surface area contributed by atoms with E-state index < -0.39 is 12.1 Å². The lowest BCUT2D eigenvalue weighted by Gasteiger charge is -2.23. The van der Waals surface area contributed by atoms with E-state index in [1.54, 1.807) is 36.0 Å². The van der Waals surface area contributed by atoms with Crippen molar-refractivity contribution in [2.24, 2.45) is 7.05 Å². The Kier molecular flexibility index (Phi) is 6.25. The predicted molar refractivity (Wildman–Crippen MR) is 115 cm³/mol. The summed E-state index contributed by atoms with van der Waals surface area (Å²) in [6, 6.07) is 13.3. The smallest absolute Gasteiger partial charge is 0.261 e. The number of carbonyl (C=O) groups is 1. The third kappa shape index (κ3) is 5.06. The van der Waals surface area contributed by atoms with Crippen LogP contribution < -0.4 is 10.1 Å². The third-order valence-electron chi connectivity index (χ3n) is 4.97. The Morgan fingerprint density at radius 3 is 2.53 bits per heavy atom. The highest BCUT2D eigenvalue weighted by atomic mass is 19.1. The van der Waals surface area contributed by atoms with E-state index in [9.17, 15) is 9.18 Å². The lowest BCUT2D eigenvalue weighted by atomic mass is 9.87. The number of ether oxygens (including phenoxy) is 1. The first-order valence-electron chi connectivity index (χ1n) is 9.95. The molecule has 0 fully saturated rings. The highest BCUT2D eigenvalue weighted by molar-refractivity contribution is 5.81. The van der Waals surface area contributed by atoms with Gasteiger partial charge in [0, 0.05) is 19.4 Å². The minimum absolute atomic E-state index is 0.0223. The van der Waals surface area contributed by atoms with Gasteiger partial charge in [-0.25, -0.2) is 9.37 Å². The molecular weight excluding hydrogens is 381 g/mol. The molecule has 0 saturated carbocycles. The molecule has 158 valence electrons. The van der Waals surface area contributed by atoms with Crippen molar-refractivity contribution >= 4 is 5.91 Å². The van der Waals surface area contributed by atoms with Gasteiger partial charge in [-0.15, -0.1) is 0 Å². The zero-order chi connectivity index (χ0) is 21.9.